The third kappa shape index (κ3) is 4.22. The molecule has 1 aliphatic carbocycles. The summed E-state index contributed by atoms with van der Waals surface area (Å²) in [6.07, 6.45) is 1.16. The minimum atomic E-state index is -4.72. The van der Waals surface area contributed by atoms with Crippen LogP contribution >= 0.6 is 0 Å². The molecule has 1 saturated carbocycles. The Kier molecular flexibility index (Phi) is 5.46. The maximum Gasteiger partial charge on any atom is 0.419 e. The number of rotatable bonds is 3. The normalized spacial score (nSPS) is 18.6. The molecule has 2 aromatic rings. The minimum Gasteiger partial charge on any atom is -0.310 e. The van der Waals surface area contributed by atoms with Gasteiger partial charge in [0.05, 0.1) is 11.3 Å². The molecule has 0 atom stereocenters. The zero-order valence-corrected chi connectivity index (χ0v) is 16.0. The molecule has 1 aliphatic heterocycles. The zero-order chi connectivity index (χ0) is 20.6. The number of halogens is 4. The molecule has 0 saturated heterocycles. The van der Waals surface area contributed by atoms with Gasteiger partial charge in [0.1, 0.15) is 11.6 Å². The van der Waals surface area contributed by atoms with Crippen LogP contribution in [0.1, 0.15) is 66.2 Å². The van der Waals surface area contributed by atoms with Gasteiger partial charge in [0.25, 0.3) is 5.56 Å². The Morgan fingerprint density at radius 3 is 2.66 bits per heavy atom. The SMILES string of the molecule is O=c1[nH]c(C2CCCCC2)nc2c1CCN(Cc1cccc(C(F)(F)F)c1F)C2. The lowest BCUT2D eigenvalue weighted by atomic mass is 9.88. The fourth-order valence-electron chi connectivity index (χ4n) is 4.38. The number of alkyl halides is 3. The van der Waals surface area contributed by atoms with Crippen molar-refractivity contribution in [3.63, 3.8) is 0 Å². The maximum atomic E-state index is 14.4. The van der Waals surface area contributed by atoms with E-state index in [1.165, 1.54) is 18.6 Å². The Balaban J connectivity index is 1.56. The molecule has 29 heavy (non-hydrogen) atoms. The van der Waals surface area contributed by atoms with Gasteiger partial charge in [-0.2, -0.15) is 13.2 Å². The summed E-state index contributed by atoms with van der Waals surface area (Å²) in [5.41, 5.74) is -0.0825. The molecule has 156 valence electrons. The Bertz CT molecular complexity index is 948. The van der Waals surface area contributed by atoms with E-state index in [0.717, 1.165) is 31.7 Å². The second kappa shape index (κ2) is 7.89. The quantitative estimate of drug-likeness (QED) is 0.758. The molecule has 8 heteroatoms. The fourth-order valence-corrected chi connectivity index (χ4v) is 4.38. The van der Waals surface area contributed by atoms with Gasteiger partial charge in [-0.3, -0.25) is 9.69 Å². The van der Waals surface area contributed by atoms with Crippen LogP contribution in [0.15, 0.2) is 23.0 Å². The third-order valence-corrected chi connectivity index (χ3v) is 5.94. The van der Waals surface area contributed by atoms with Crippen LogP contribution in [0.3, 0.4) is 0 Å². The first kappa shape index (κ1) is 20.1. The first-order valence-electron chi connectivity index (χ1n) is 10.0. The van der Waals surface area contributed by atoms with Gasteiger partial charge in [0.2, 0.25) is 0 Å². The lowest BCUT2D eigenvalue weighted by molar-refractivity contribution is -0.140. The molecule has 2 heterocycles. The molecule has 2 aliphatic rings. The van der Waals surface area contributed by atoms with Crippen molar-refractivity contribution < 1.29 is 17.6 Å². The van der Waals surface area contributed by atoms with E-state index in [1.54, 1.807) is 0 Å². The maximum absolute atomic E-state index is 14.4. The predicted molar refractivity (Wildman–Crippen MR) is 99.9 cm³/mol. The van der Waals surface area contributed by atoms with Gasteiger partial charge < -0.3 is 4.98 Å². The molecule has 0 amide bonds. The Labute approximate surface area is 166 Å². The van der Waals surface area contributed by atoms with E-state index in [2.05, 4.69) is 4.98 Å². The van der Waals surface area contributed by atoms with Crippen molar-refractivity contribution in [2.24, 2.45) is 0 Å². The van der Waals surface area contributed by atoms with E-state index in [1.807, 2.05) is 4.90 Å². The summed E-state index contributed by atoms with van der Waals surface area (Å²) >= 11 is 0. The van der Waals surface area contributed by atoms with Crippen molar-refractivity contribution in [1.29, 1.82) is 0 Å². The summed E-state index contributed by atoms with van der Waals surface area (Å²) < 4.78 is 53.3. The average molecular weight is 409 g/mol. The molecule has 1 fully saturated rings. The molecule has 0 bridgehead atoms. The van der Waals surface area contributed by atoms with E-state index in [-0.39, 0.29) is 23.6 Å². The number of hydrogen-bond acceptors (Lipinski definition) is 3. The Morgan fingerprint density at radius 2 is 1.93 bits per heavy atom. The van der Waals surface area contributed by atoms with Gasteiger partial charge in [0.15, 0.2) is 0 Å². The van der Waals surface area contributed by atoms with Crippen molar-refractivity contribution in [2.75, 3.05) is 6.54 Å². The molecule has 0 unspecified atom stereocenters. The van der Waals surface area contributed by atoms with Gasteiger partial charge in [-0.25, -0.2) is 9.37 Å². The number of hydrogen-bond donors (Lipinski definition) is 1. The van der Waals surface area contributed by atoms with Crippen molar-refractivity contribution in [2.45, 2.75) is 63.7 Å². The van der Waals surface area contributed by atoms with Crippen molar-refractivity contribution in [3.8, 4) is 0 Å². The van der Waals surface area contributed by atoms with Gasteiger partial charge in [-0.05, 0) is 25.3 Å². The molecular weight excluding hydrogens is 386 g/mol. The first-order valence-corrected chi connectivity index (χ1v) is 10.0. The monoisotopic (exact) mass is 409 g/mol. The number of benzene rings is 1. The number of aromatic amines is 1. The number of fused-ring (bicyclic) bond motifs is 1. The van der Waals surface area contributed by atoms with Crippen LogP contribution in [0.2, 0.25) is 0 Å². The lowest BCUT2D eigenvalue weighted by Crippen LogP contribution is -2.36. The summed E-state index contributed by atoms with van der Waals surface area (Å²) in [6, 6.07) is 3.35. The van der Waals surface area contributed by atoms with Gasteiger partial charge in [-0.15, -0.1) is 0 Å². The Morgan fingerprint density at radius 1 is 1.17 bits per heavy atom. The topological polar surface area (TPSA) is 49.0 Å². The predicted octanol–water partition coefficient (Wildman–Crippen LogP) is 4.53. The van der Waals surface area contributed by atoms with Crippen LogP contribution in [0.4, 0.5) is 17.6 Å². The van der Waals surface area contributed by atoms with Crippen molar-refractivity contribution >= 4 is 0 Å². The van der Waals surface area contributed by atoms with Crippen LogP contribution in [-0.4, -0.2) is 21.4 Å². The summed E-state index contributed by atoms with van der Waals surface area (Å²) in [5, 5.41) is 0. The minimum absolute atomic E-state index is 0.000574. The smallest absolute Gasteiger partial charge is 0.310 e. The van der Waals surface area contributed by atoms with E-state index in [9.17, 15) is 22.4 Å². The fraction of sp³-hybridized carbons (Fsp3) is 0.524. The highest BCUT2D eigenvalue weighted by Gasteiger charge is 2.35. The zero-order valence-electron chi connectivity index (χ0n) is 16.0. The van der Waals surface area contributed by atoms with Gasteiger partial charge >= 0.3 is 6.18 Å². The molecule has 1 N–H and O–H groups in total. The van der Waals surface area contributed by atoms with E-state index in [0.29, 0.717) is 36.6 Å². The summed E-state index contributed by atoms with van der Waals surface area (Å²) in [7, 11) is 0. The summed E-state index contributed by atoms with van der Waals surface area (Å²) in [4.78, 5) is 22.0. The molecule has 1 aromatic heterocycles. The molecular formula is C21H23F4N3O. The van der Waals surface area contributed by atoms with Crippen molar-refractivity contribution in [3.05, 3.63) is 62.6 Å². The summed E-state index contributed by atoms with van der Waals surface area (Å²) in [5.74, 6) is -0.272. The van der Waals surface area contributed by atoms with Crippen LogP contribution in [0.5, 0.6) is 0 Å². The van der Waals surface area contributed by atoms with E-state index < -0.39 is 17.6 Å². The van der Waals surface area contributed by atoms with Crippen LogP contribution in [0.25, 0.3) is 0 Å². The number of aromatic nitrogens is 2. The van der Waals surface area contributed by atoms with Crippen LogP contribution in [0, 0.1) is 5.82 Å². The number of nitrogens with zero attached hydrogens (tertiary/aromatic N) is 2. The highest BCUT2D eigenvalue weighted by Crippen LogP contribution is 2.33. The van der Waals surface area contributed by atoms with Gasteiger partial charge in [0, 0.05) is 36.7 Å². The lowest BCUT2D eigenvalue weighted by Gasteiger charge is -2.29. The molecule has 0 spiro atoms. The van der Waals surface area contributed by atoms with Crippen LogP contribution < -0.4 is 5.56 Å². The Hall–Kier alpha value is -2.22. The first-order chi connectivity index (χ1) is 13.8. The molecule has 0 radical (unpaired) electrons. The molecule has 4 rings (SSSR count). The van der Waals surface area contributed by atoms with E-state index >= 15 is 0 Å². The highest BCUT2D eigenvalue weighted by molar-refractivity contribution is 5.29. The molecule has 1 aromatic carbocycles. The summed E-state index contributed by atoms with van der Waals surface area (Å²) in [6.45, 7) is 0.841. The standard InChI is InChI=1S/C21H23F4N3O/c22-18-14(7-4-8-16(18)21(23,24)25)11-28-10-9-15-17(12-28)26-19(27-20(15)29)13-5-2-1-3-6-13/h4,7-8,13H,1-3,5-6,9-12H2,(H,26,27,29). The van der Waals surface area contributed by atoms with E-state index in [4.69, 9.17) is 4.98 Å². The van der Waals surface area contributed by atoms with Crippen LogP contribution in [-0.2, 0) is 25.7 Å². The number of H-pyrrole nitrogens is 1. The van der Waals surface area contributed by atoms with Gasteiger partial charge in [-0.1, -0.05) is 31.4 Å². The highest BCUT2D eigenvalue weighted by atomic mass is 19.4. The second-order valence-corrected chi connectivity index (χ2v) is 7.95. The molecule has 4 nitrogen and oxygen atoms in total. The number of nitrogens with one attached hydrogen (secondary N) is 1. The third-order valence-electron chi connectivity index (χ3n) is 5.94. The van der Waals surface area contributed by atoms with Crippen molar-refractivity contribution in [1.82, 2.24) is 14.9 Å². The largest absolute Gasteiger partial charge is 0.419 e. The second-order valence-electron chi connectivity index (χ2n) is 7.95. The average Bonchev–Trinajstić information content (AvgIpc) is 2.69.